The average Bonchev–Trinajstić information content (AvgIpc) is 3.09. The van der Waals surface area contributed by atoms with Crippen molar-refractivity contribution in [3.05, 3.63) is 78.0 Å². The number of aromatic nitrogens is 1. The zero-order chi connectivity index (χ0) is 14.9. The number of fused-ring (bicyclic) bond motifs is 1. The van der Waals surface area contributed by atoms with Crippen molar-refractivity contribution in [1.29, 1.82) is 0 Å². The Morgan fingerprint density at radius 1 is 1.00 bits per heavy atom. The number of carbonyl (C=O) groups excluding carboxylic acids is 1. The van der Waals surface area contributed by atoms with Crippen LogP contribution in [0.3, 0.4) is 0 Å². The summed E-state index contributed by atoms with van der Waals surface area (Å²) < 4.78 is 5.47. The Morgan fingerprint density at radius 3 is 2.64 bits per heavy atom. The van der Waals surface area contributed by atoms with Gasteiger partial charge in [-0.2, -0.15) is 0 Å². The van der Waals surface area contributed by atoms with E-state index in [9.17, 15) is 4.79 Å². The van der Waals surface area contributed by atoms with Crippen molar-refractivity contribution in [1.82, 2.24) is 4.98 Å². The molecule has 3 heteroatoms. The van der Waals surface area contributed by atoms with Crippen molar-refractivity contribution < 1.29 is 9.21 Å². The fraction of sp³-hybridized carbons (Fsp3) is 0.158. The lowest BCUT2D eigenvalue weighted by molar-refractivity contribution is 0.0960. The standard InChI is InChI=1S/C19H15NO2/c21-17-12-14(18-7-4-10-22-18)11-16-19(17)15(8-9-20-16)13-5-2-1-3-6-13/h1-10,14H,11-12H2. The van der Waals surface area contributed by atoms with E-state index < -0.39 is 0 Å². The summed E-state index contributed by atoms with van der Waals surface area (Å²) >= 11 is 0. The van der Waals surface area contributed by atoms with Crippen LogP contribution in [0.25, 0.3) is 11.1 Å². The predicted molar refractivity (Wildman–Crippen MR) is 83.8 cm³/mol. The van der Waals surface area contributed by atoms with Gasteiger partial charge in [-0.25, -0.2) is 0 Å². The third-order valence-corrected chi connectivity index (χ3v) is 4.21. The molecule has 0 saturated heterocycles. The maximum atomic E-state index is 12.7. The van der Waals surface area contributed by atoms with Gasteiger partial charge < -0.3 is 4.42 Å². The van der Waals surface area contributed by atoms with Gasteiger partial charge in [-0.1, -0.05) is 30.3 Å². The van der Waals surface area contributed by atoms with Crippen LogP contribution in [0.15, 0.2) is 65.4 Å². The lowest BCUT2D eigenvalue weighted by Crippen LogP contribution is -2.20. The van der Waals surface area contributed by atoms with Crippen LogP contribution >= 0.6 is 0 Å². The molecule has 0 fully saturated rings. The number of nitrogens with zero attached hydrogens (tertiary/aromatic N) is 1. The third-order valence-electron chi connectivity index (χ3n) is 4.21. The molecular weight excluding hydrogens is 274 g/mol. The number of pyridine rings is 1. The van der Waals surface area contributed by atoms with E-state index in [4.69, 9.17) is 4.42 Å². The minimum absolute atomic E-state index is 0.0912. The molecule has 0 N–H and O–H groups in total. The molecule has 22 heavy (non-hydrogen) atoms. The molecule has 0 spiro atoms. The molecular formula is C19H15NO2. The summed E-state index contributed by atoms with van der Waals surface area (Å²) in [4.78, 5) is 17.2. The lowest BCUT2D eigenvalue weighted by atomic mass is 9.81. The molecule has 0 saturated carbocycles. The molecule has 4 rings (SSSR count). The van der Waals surface area contributed by atoms with Gasteiger partial charge in [-0.05, 0) is 29.3 Å². The number of benzene rings is 1. The number of Topliss-reactive ketones (excluding diaryl/α,β-unsaturated/α-hetero) is 1. The van der Waals surface area contributed by atoms with Crippen LogP contribution in [0.1, 0.15) is 34.2 Å². The van der Waals surface area contributed by atoms with Gasteiger partial charge in [0, 0.05) is 30.5 Å². The zero-order valence-electron chi connectivity index (χ0n) is 12.0. The van der Waals surface area contributed by atoms with Crippen molar-refractivity contribution in [3.63, 3.8) is 0 Å². The van der Waals surface area contributed by atoms with Crippen LogP contribution in [0.5, 0.6) is 0 Å². The van der Waals surface area contributed by atoms with E-state index in [-0.39, 0.29) is 11.7 Å². The van der Waals surface area contributed by atoms with Crippen LogP contribution in [0, 0.1) is 0 Å². The number of rotatable bonds is 2. The van der Waals surface area contributed by atoms with Gasteiger partial charge in [0.05, 0.1) is 12.0 Å². The molecule has 3 nitrogen and oxygen atoms in total. The molecule has 0 radical (unpaired) electrons. The molecule has 108 valence electrons. The lowest BCUT2D eigenvalue weighted by Gasteiger charge is -2.23. The van der Waals surface area contributed by atoms with Gasteiger partial charge in [0.15, 0.2) is 5.78 Å². The summed E-state index contributed by atoms with van der Waals surface area (Å²) in [6.45, 7) is 0. The second-order valence-corrected chi connectivity index (χ2v) is 5.59. The summed E-state index contributed by atoms with van der Waals surface area (Å²) in [5.74, 6) is 1.11. The first-order valence-corrected chi connectivity index (χ1v) is 7.43. The fourth-order valence-corrected chi connectivity index (χ4v) is 3.19. The van der Waals surface area contributed by atoms with Crippen LogP contribution in [0.2, 0.25) is 0 Å². The van der Waals surface area contributed by atoms with Crippen molar-refractivity contribution in [2.45, 2.75) is 18.8 Å². The number of hydrogen-bond acceptors (Lipinski definition) is 3. The highest BCUT2D eigenvalue weighted by molar-refractivity contribution is 6.04. The Bertz CT molecular complexity index is 807. The minimum atomic E-state index is 0.0912. The summed E-state index contributed by atoms with van der Waals surface area (Å²) in [7, 11) is 0. The summed E-state index contributed by atoms with van der Waals surface area (Å²) in [5.41, 5.74) is 3.69. The van der Waals surface area contributed by atoms with Crippen LogP contribution in [-0.4, -0.2) is 10.8 Å². The first kappa shape index (κ1) is 13.0. The Balaban J connectivity index is 1.79. The quantitative estimate of drug-likeness (QED) is 0.708. The van der Waals surface area contributed by atoms with Gasteiger partial charge in [0.25, 0.3) is 0 Å². The van der Waals surface area contributed by atoms with Gasteiger partial charge in [0.1, 0.15) is 5.76 Å². The van der Waals surface area contributed by atoms with Crippen LogP contribution in [-0.2, 0) is 6.42 Å². The summed E-state index contributed by atoms with van der Waals surface area (Å²) in [6, 6.07) is 15.7. The van der Waals surface area contributed by atoms with E-state index in [0.29, 0.717) is 6.42 Å². The highest BCUT2D eigenvalue weighted by atomic mass is 16.3. The molecule has 0 aliphatic heterocycles. The highest BCUT2D eigenvalue weighted by Gasteiger charge is 2.30. The van der Waals surface area contributed by atoms with Crippen LogP contribution in [0.4, 0.5) is 0 Å². The molecule has 2 heterocycles. The Morgan fingerprint density at radius 2 is 1.86 bits per heavy atom. The Kier molecular flexibility index (Phi) is 3.11. The average molecular weight is 289 g/mol. The number of carbonyl (C=O) groups is 1. The predicted octanol–water partition coefficient (Wildman–Crippen LogP) is 4.25. The second-order valence-electron chi connectivity index (χ2n) is 5.59. The van der Waals surface area contributed by atoms with Gasteiger partial charge in [0.2, 0.25) is 0 Å². The maximum Gasteiger partial charge on any atom is 0.166 e. The third kappa shape index (κ3) is 2.15. The molecule has 3 aromatic rings. The minimum Gasteiger partial charge on any atom is -0.469 e. The van der Waals surface area contributed by atoms with Crippen molar-refractivity contribution in [2.75, 3.05) is 0 Å². The molecule has 0 bridgehead atoms. The topological polar surface area (TPSA) is 43.1 Å². The van der Waals surface area contributed by atoms with E-state index in [0.717, 1.165) is 34.6 Å². The van der Waals surface area contributed by atoms with E-state index in [1.807, 2.05) is 48.5 Å². The monoisotopic (exact) mass is 289 g/mol. The second kappa shape index (κ2) is 5.26. The molecule has 1 aliphatic rings. The van der Waals surface area contributed by atoms with E-state index in [2.05, 4.69) is 4.98 Å². The van der Waals surface area contributed by atoms with Gasteiger partial charge in [-0.3, -0.25) is 9.78 Å². The van der Waals surface area contributed by atoms with Crippen molar-refractivity contribution in [2.24, 2.45) is 0 Å². The molecule has 2 aromatic heterocycles. The molecule has 1 aliphatic carbocycles. The van der Waals surface area contributed by atoms with Crippen LogP contribution < -0.4 is 0 Å². The molecule has 1 unspecified atom stereocenters. The Hall–Kier alpha value is -2.68. The Labute approximate surface area is 128 Å². The van der Waals surface area contributed by atoms with Gasteiger partial charge in [-0.15, -0.1) is 0 Å². The number of ketones is 1. The zero-order valence-corrected chi connectivity index (χ0v) is 12.0. The first-order valence-electron chi connectivity index (χ1n) is 7.43. The van der Waals surface area contributed by atoms with E-state index >= 15 is 0 Å². The number of hydrogen-bond donors (Lipinski definition) is 0. The normalized spacial score (nSPS) is 17.3. The fourth-order valence-electron chi connectivity index (χ4n) is 3.19. The van der Waals surface area contributed by atoms with E-state index in [1.54, 1.807) is 12.5 Å². The summed E-state index contributed by atoms with van der Waals surface area (Å²) in [5, 5.41) is 0. The molecule has 0 amide bonds. The first-order chi connectivity index (χ1) is 10.8. The number of furan rings is 1. The van der Waals surface area contributed by atoms with Crippen molar-refractivity contribution in [3.8, 4) is 11.1 Å². The molecule has 1 aromatic carbocycles. The summed E-state index contributed by atoms with van der Waals surface area (Å²) in [6.07, 6.45) is 4.67. The van der Waals surface area contributed by atoms with Gasteiger partial charge >= 0.3 is 0 Å². The smallest absolute Gasteiger partial charge is 0.166 e. The largest absolute Gasteiger partial charge is 0.469 e. The van der Waals surface area contributed by atoms with Crippen molar-refractivity contribution >= 4 is 5.78 Å². The SMILES string of the molecule is O=C1CC(c2ccco2)Cc2nccc(-c3ccccc3)c21. The maximum absolute atomic E-state index is 12.7. The van der Waals surface area contributed by atoms with E-state index in [1.165, 1.54) is 0 Å². The highest BCUT2D eigenvalue weighted by Crippen LogP contribution is 2.36. The molecule has 1 atom stereocenters.